The third-order valence-electron chi connectivity index (χ3n) is 5.30. The van der Waals surface area contributed by atoms with Crippen molar-refractivity contribution in [1.29, 1.82) is 0 Å². The highest BCUT2D eigenvalue weighted by Crippen LogP contribution is 2.29. The smallest absolute Gasteiger partial charge is 0.269 e. The van der Waals surface area contributed by atoms with E-state index in [0.717, 1.165) is 0 Å². The lowest BCUT2D eigenvalue weighted by Gasteiger charge is -2.31. The summed E-state index contributed by atoms with van der Waals surface area (Å²) in [7, 11) is -3.76. The van der Waals surface area contributed by atoms with Gasteiger partial charge in [-0.05, 0) is 39.3 Å². The van der Waals surface area contributed by atoms with Gasteiger partial charge in [0.05, 0.1) is 15.6 Å². The lowest BCUT2D eigenvalue weighted by atomic mass is 10.2. The summed E-state index contributed by atoms with van der Waals surface area (Å²) < 4.78 is 28.2. The fraction of sp³-hybridized carbons (Fsp3) is 0.348. The minimum Gasteiger partial charge on any atom is -0.337 e. The second-order valence-corrected chi connectivity index (χ2v) is 10.3. The van der Waals surface area contributed by atoms with Crippen LogP contribution in [0.2, 0.25) is 0 Å². The van der Waals surface area contributed by atoms with E-state index in [9.17, 15) is 23.3 Å². The Balaban J connectivity index is 1.97. The van der Waals surface area contributed by atoms with Gasteiger partial charge < -0.3 is 9.47 Å². The highest BCUT2D eigenvalue weighted by Gasteiger charge is 2.25. The molecule has 8 nitrogen and oxygen atoms in total. The summed E-state index contributed by atoms with van der Waals surface area (Å²) in [6, 6.07) is 12.6. The number of sulfone groups is 1. The molecule has 0 fully saturated rings. The van der Waals surface area contributed by atoms with Crippen molar-refractivity contribution in [2.24, 2.45) is 0 Å². The van der Waals surface area contributed by atoms with Gasteiger partial charge in [-0.2, -0.15) is 0 Å². The van der Waals surface area contributed by atoms with Crippen molar-refractivity contribution >= 4 is 32.3 Å². The number of fused-ring (bicyclic) bond motifs is 1. The standard InChI is InChI=1S/C23H27N3O5S/c1-16(2)25(17(3)4)23(27)14-24-13-22(20-7-5-6-8-21(20)24)32(30,31)15-18-9-11-19(12-10-18)26(28)29/h5-13,16-17H,14-15H2,1-4H3. The van der Waals surface area contributed by atoms with Crippen LogP contribution >= 0.6 is 0 Å². The van der Waals surface area contributed by atoms with Gasteiger partial charge in [0.15, 0.2) is 9.84 Å². The van der Waals surface area contributed by atoms with Crippen LogP contribution < -0.4 is 0 Å². The van der Waals surface area contributed by atoms with Gasteiger partial charge in [0, 0.05) is 41.3 Å². The number of amides is 1. The molecule has 0 saturated carbocycles. The number of benzene rings is 2. The summed E-state index contributed by atoms with van der Waals surface area (Å²) in [6.45, 7) is 7.83. The normalized spacial score (nSPS) is 11.9. The van der Waals surface area contributed by atoms with E-state index in [1.807, 2.05) is 27.7 Å². The Morgan fingerprint density at radius 2 is 1.62 bits per heavy atom. The number of hydrogen-bond acceptors (Lipinski definition) is 5. The number of rotatable bonds is 8. The van der Waals surface area contributed by atoms with Crippen LogP contribution in [0.1, 0.15) is 33.3 Å². The van der Waals surface area contributed by atoms with E-state index in [-0.39, 0.29) is 40.9 Å². The summed E-state index contributed by atoms with van der Waals surface area (Å²) in [6.07, 6.45) is 1.52. The van der Waals surface area contributed by atoms with Crippen LogP contribution in [-0.4, -0.2) is 40.8 Å². The minimum absolute atomic E-state index is 0.0228. The predicted molar refractivity (Wildman–Crippen MR) is 123 cm³/mol. The largest absolute Gasteiger partial charge is 0.337 e. The zero-order chi connectivity index (χ0) is 23.6. The molecule has 3 rings (SSSR count). The molecule has 0 bridgehead atoms. The van der Waals surface area contributed by atoms with Crippen molar-refractivity contribution in [3.63, 3.8) is 0 Å². The first kappa shape index (κ1) is 23.5. The van der Waals surface area contributed by atoms with Crippen LogP contribution in [0.4, 0.5) is 5.69 Å². The maximum Gasteiger partial charge on any atom is 0.269 e. The second kappa shape index (κ2) is 9.12. The summed E-state index contributed by atoms with van der Waals surface area (Å²) in [5, 5.41) is 11.4. The second-order valence-electron chi connectivity index (χ2n) is 8.31. The number of carbonyl (C=O) groups is 1. The molecular formula is C23H27N3O5S. The van der Waals surface area contributed by atoms with Crippen LogP contribution in [0.25, 0.3) is 10.9 Å². The van der Waals surface area contributed by atoms with E-state index < -0.39 is 14.8 Å². The van der Waals surface area contributed by atoms with Gasteiger partial charge in [-0.1, -0.05) is 30.3 Å². The molecule has 1 heterocycles. The van der Waals surface area contributed by atoms with Crippen molar-refractivity contribution < 1.29 is 18.1 Å². The fourth-order valence-electron chi connectivity index (χ4n) is 4.00. The lowest BCUT2D eigenvalue weighted by Crippen LogP contribution is -2.43. The fourth-order valence-corrected chi connectivity index (χ4v) is 5.58. The quantitative estimate of drug-likeness (QED) is 0.373. The lowest BCUT2D eigenvalue weighted by molar-refractivity contribution is -0.384. The third-order valence-corrected chi connectivity index (χ3v) is 7.01. The average Bonchev–Trinajstić information content (AvgIpc) is 3.07. The summed E-state index contributed by atoms with van der Waals surface area (Å²) in [5.74, 6) is -0.382. The minimum atomic E-state index is -3.76. The van der Waals surface area contributed by atoms with Crippen molar-refractivity contribution in [2.45, 2.75) is 57.0 Å². The van der Waals surface area contributed by atoms with Gasteiger partial charge in [-0.15, -0.1) is 0 Å². The maximum atomic E-state index is 13.2. The molecule has 0 spiro atoms. The molecule has 0 N–H and O–H groups in total. The van der Waals surface area contributed by atoms with Gasteiger partial charge in [0.1, 0.15) is 6.54 Å². The molecule has 9 heteroatoms. The van der Waals surface area contributed by atoms with Gasteiger partial charge >= 0.3 is 0 Å². The average molecular weight is 458 g/mol. The van der Waals surface area contributed by atoms with E-state index in [1.54, 1.807) is 33.7 Å². The molecule has 0 aliphatic carbocycles. The summed E-state index contributed by atoms with van der Waals surface area (Å²) >= 11 is 0. The number of hydrogen-bond donors (Lipinski definition) is 0. The third kappa shape index (κ3) is 4.83. The van der Waals surface area contributed by atoms with Gasteiger partial charge in [-0.3, -0.25) is 14.9 Å². The number of nitrogens with zero attached hydrogens (tertiary/aromatic N) is 3. The molecule has 0 aliphatic rings. The highest BCUT2D eigenvalue weighted by atomic mass is 32.2. The van der Waals surface area contributed by atoms with Gasteiger partial charge in [0.2, 0.25) is 5.91 Å². The first-order valence-corrected chi connectivity index (χ1v) is 12.0. The van der Waals surface area contributed by atoms with Crippen LogP contribution in [0.3, 0.4) is 0 Å². The molecule has 2 aromatic carbocycles. The van der Waals surface area contributed by atoms with Crippen molar-refractivity contribution in [1.82, 2.24) is 9.47 Å². The van der Waals surface area contributed by atoms with Crippen molar-refractivity contribution in [3.05, 3.63) is 70.4 Å². The summed E-state index contributed by atoms with van der Waals surface area (Å²) in [4.78, 5) is 25.2. The first-order valence-electron chi connectivity index (χ1n) is 10.4. The summed E-state index contributed by atoms with van der Waals surface area (Å²) in [5.41, 5.74) is 1.02. The SMILES string of the molecule is CC(C)N(C(=O)Cn1cc(S(=O)(=O)Cc2ccc([N+](=O)[O-])cc2)c2ccccc21)C(C)C. The number of nitro benzene ring substituents is 1. The highest BCUT2D eigenvalue weighted by molar-refractivity contribution is 7.90. The van der Waals surface area contributed by atoms with E-state index in [2.05, 4.69) is 0 Å². The molecule has 0 atom stereocenters. The molecule has 3 aromatic rings. The zero-order valence-corrected chi connectivity index (χ0v) is 19.4. The van der Waals surface area contributed by atoms with Crippen LogP contribution in [-0.2, 0) is 26.9 Å². The Kier molecular flexibility index (Phi) is 6.68. The number of carbonyl (C=O) groups excluding carboxylic acids is 1. The molecule has 1 aromatic heterocycles. The molecule has 0 radical (unpaired) electrons. The predicted octanol–water partition coefficient (Wildman–Crippen LogP) is 4.17. The van der Waals surface area contributed by atoms with Crippen LogP contribution in [0.15, 0.2) is 59.6 Å². The number of aromatic nitrogens is 1. The van der Waals surface area contributed by atoms with Crippen LogP contribution in [0, 0.1) is 10.1 Å². The Hall–Kier alpha value is -3.20. The van der Waals surface area contributed by atoms with E-state index in [4.69, 9.17) is 0 Å². The molecule has 0 saturated heterocycles. The zero-order valence-electron chi connectivity index (χ0n) is 18.6. The van der Waals surface area contributed by atoms with Crippen molar-refractivity contribution in [2.75, 3.05) is 0 Å². The van der Waals surface area contributed by atoms with E-state index in [1.165, 1.54) is 30.5 Å². The maximum absolute atomic E-state index is 13.2. The Bertz CT molecular complexity index is 1240. The topological polar surface area (TPSA) is 103 Å². The molecule has 170 valence electrons. The van der Waals surface area contributed by atoms with Crippen molar-refractivity contribution in [3.8, 4) is 0 Å². The number of para-hydroxylation sites is 1. The monoisotopic (exact) mass is 457 g/mol. The number of nitro groups is 1. The van der Waals surface area contributed by atoms with Crippen LogP contribution in [0.5, 0.6) is 0 Å². The number of non-ortho nitro benzene ring substituents is 1. The van der Waals surface area contributed by atoms with E-state index in [0.29, 0.717) is 16.5 Å². The molecule has 0 unspecified atom stereocenters. The Labute approximate surface area is 187 Å². The molecule has 0 aliphatic heterocycles. The van der Waals surface area contributed by atoms with Gasteiger partial charge in [0.25, 0.3) is 5.69 Å². The Morgan fingerprint density at radius 3 is 2.19 bits per heavy atom. The molecule has 1 amide bonds. The molecule has 32 heavy (non-hydrogen) atoms. The molecular weight excluding hydrogens is 430 g/mol. The van der Waals surface area contributed by atoms with Gasteiger partial charge in [-0.25, -0.2) is 8.42 Å². The first-order chi connectivity index (χ1) is 15.0. The Morgan fingerprint density at radius 1 is 1.03 bits per heavy atom. The van der Waals surface area contributed by atoms with E-state index >= 15 is 0 Å².